The summed E-state index contributed by atoms with van der Waals surface area (Å²) in [7, 11) is 0. The van der Waals surface area contributed by atoms with E-state index in [1.807, 2.05) is 12.4 Å². The lowest BCUT2D eigenvalue weighted by molar-refractivity contribution is -0.0793. The molecule has 0 unspecified atom stereocenters. The van der Waals surface area contributed by atoms with Crippen LogP contribution in [-0.4, -0.2) is 52.1 Å². The molecule has 0 aliphatic carbocycles. The molecule has 1 spiro atoms. The molecule has 26 heavy (non-hydrogen) atoms. The topological polar surface area (TPSA) is 67.3 Å². The summed E-state index contributed by atoms with van der Waals surface area (Å²) in [5.41, 5.74) is 1.74. The zero-order valence-corrected chi connectivity index (χ0v) is 14.8. The molecule has 1 N–H and O–H groups in total. The molecule has 2 fully saturated rings. The molecule has 0 bridgehead atoms. The molecule has 2 aliphatic rings. The summed E-state index contributed by atoms with van der Waals surface area (Å²) in [6, 6.07) is 7.85. The standard InChI is InChI=1S/C20H24N4O2/c25-19(17-2-1-7-22-13-17)23-18-5-11-26-20(12-18)6-10-24(15-20)14-16-3-8-21-9-4-16/h1-4,7-9,13,18H,5-6,10-12,14-15H2,(H,23,25)/t18-,20-/m0/s1. The molecule has 2 aromatic heterocycles. The van der Waals surface area contributed by atoms with Crippen molar-refractivity contribution in [2.75, 3.05) is 19.7 Å². The lowest BCUT2D eigenvalue weighted by Crippen LogP contribution is -2.49. The van der Waals surface area contributed by atoms with Gasteiger partial charge in [0.2, 0.25) is 0 Å². The van der Waals surface area contributed by atoms with Gasteiger partial charge in [0.15, 0.2) is 0 Å². The molecule has 0 saturated carbocycles. The number of hydrogen-bond donors (Lipinski definition) is 1. The number of rotatable bonds is 4. The van der Waals surface area contributed by atoms with Crippen LogP contribution >= 0.6 is 0 Å². The largest absolute Gasteiger partial charge is 0.373 e. The van der Waals surface area contributed by atoms with Gasteiger partial charge in [-0.3, -0.25) is 19.7 Å². The van der Waals surface area contributed by atoms with Gasteiger partial charge in [-0.2, -0.15) is 0 Å². The van der Waals surface area contributed by atoms with Gasteiger partial charge in [0.05, 0.1) is 11.2 Å². The first-order valence-corrected chi connectivity index (χ1v) is 9.19. The van der Waals surface area contributed by atoms with Gasteiger partial charge < -0.3 is 10.1 Å². The summed E-state index contributed by atoms with van der Waals surface area (Å²) in [5, 5.41) is 3.17. The molecule has 4 rings (SSSR count). The average molecular weight is 352 g/mol. The number of ether oxygens (including phenoxy) is 1. The van der Waals surface area contributed by atoms with Crippen LogP contribution in [0.15, 0.2) is 49.1 Å². The Bertz CT molecular complexity index is 740. The highest BCUT2D eigenvalue weighted by atomic mass is 16.5. The van der Waals surface area contributed by atoms with Crippen molar-refractivity contribution in [1.29, 1.82) is 0 Å². The van der Waals surface area contributed by atoms with Crippen molar-refractivity contribution < 1.29 is 9.53 Å². The third-order valence-electron chi connectivity index (χ3n) is 5.30. The van der Waals surface area contributed by atoms with Crippen LogP contribution in [0.2, 0.25) is 0 Å². The molecule has 0 radical (unpaired) electrons. The number of amides is 1. The summed E-state index contributed by atoms with van der Waals surface area (Å²) in [4.78, 5) is 22.9. The summed E-state index contributed by atoms with van der Waals surface area (Å²) in [6.07, 6.45) is 9.69. The predicted molar refractivity (Wildman–Crippen MR) is 97.5 cm³/mol. The molecular weight excluding hydrogens is 328 g/mol. The molecule has 4 heterocycles. The number of likely N-dealkylation sites (tertiary alicyclic amines) is 1. The monoisotopic (exact) mass is 352 g/mol. The van der Waals surface area contributed by atoms with E-state index < -0.39 is 0 Å². The molecule has 6 heteroatoms. The minimum atomic E-state index is -0.141. The van der Waals surface area contributed by atoms with Crippen LogP contribution < -0.4 is 5.32 Å². The Morgan fingerprint density at radius 3 is 2.96 bits per heavy atom. The molecule has 1 amide bonds. The zero-order valence-electron chi connectivity index (χ0n) is 14.8. The minimum Gasteiger partial charge on any atom is -0.373 e. The molecule has 2 saturated heterocycles. The van der Waals surface area contributed by atoms with Gasteiger partial charge in [-0.15, -0.1) is 0 Å². The first-order valence-electron chi connectivity index (χ1n) is 9.19. The van der Waals surface area contributed by atoms with E-state index in [0.717, 1.165) is 38.9 Å². The lowest BCUT2D eigenvalue weighted by atomic mass is 9.89. The van der Waals surface area contributed by atoms with Crippen LogP contribution in [0.25, 0.3) is 0 Å². The number of aromatic nitrogens is 2. The van der Waals surface area contributed by atoms with E-state index in [4.69, 9.17) is 4.74 Å². The maximum Gasteiger partial charge on any atom is 0.253 e. The van der Waals surface area contributed by atoms with Crippen molar-refractivity contribution in [3.8, 4) is 0 Å². The SMILES string of the molecule is O=C(N[C@H]1CCO[C@@]2(CCN(Cc3ccncc3)C2)C1)c1cccnc1. The number of nitrogens with one attached hydrogen (secondary N) is 1. The third-order valence-corrected chi connectivity index (χ3v) is 5.30. The van der Waals surface area contributed by atoms with Crippen molar-refractivity contribution in [2.45, 2.75) is 37.5 Å². The lowest BCUT2D eigenvalue weighted by Gasteiger charge is -2.38. The van der Waals surface area contributed by atoms with Gasteiger partial charge >= 0.3 is 0 Å². The Balaban J connectivity index is 1.35. The van der Waals surface area contributed by atoms with Gasteiger partial charge in [-0.05, 0) is 49.1 Å². The predicted octanol–water partition coefficient (Wildman–Crippen LogP) is 2.03. The van der Waals surface area contributed by atoms with E-state index in [-0.39, 0.29) is 17.6 Å². The summed E-state index contributed by atoms with van der Waals surface area (Å²) in [5.74, 6) is -0.0493. The van der Waals surface area contributed by atoms with E-state index in [2.05, 4.69) is 32.3 Å². The second kappa shape index (κ2) is 7.51. The highest BCUT2D eigenvalue weighted by Crippen LogP contribution is 2.35. The Hall–Kier alpha value is -2.31. The highest BCUT2D eigenvalue weighted by Gasteiger charge is 2.43. The second-order valence-corrected chi connectivity index (χ2v) is 7.25. The van der Waals surface area contributed by atoms with E-state index in [9.17, 15) is 4.79 Å². The summed E-state index contributed by atoms with van der Waals surface area (Å²) in [6.45, 7) is 3.54. The van der Waals surface area contributed by atoms with Crippen molar-refractivity contribution in [3.05, 3.63) is 60.2 Å². The highest BCUT2D eigenvalue weighted by molar-refractivity contribution is 5.94. The molecule has 0 aromatic carbocycles. The fourth-order valence-corrected chi connectivity index (χ4v) is 4.01. The summed E-state index contributed by atoms with van der Waals surface area (Å²) < 4.78 is 6.19. The van der Waals surface area contributed by atoms with E-state index in [1.54, 1.807) is 24.5 Å². The molecule has 136 valence electrons. The first-order chi connectivity index (χ1) is 12.7. The molecular formula is C20H24N4O2. The Morgan fingerprint density at radius 1 is 1.27 bits per heavy atom. The maximum absolute atomic E-state index is 12.4. The number of carbonyl (C=O) groups is 1. The first kappa shape index (κ1) is 17.1. The van der Waals surface area contributed by atoms with Crippen molar-refractivity contribution in [2.24, 2.45) is 0 Å². The molecule has 2 aromatic rings. The van der Waals surface area contributed by atoms with Crippen molar-refractivity contribution in [1.82, 2.24) is 20.2 Å². The fourth-order valence-electron chi connectivity index (χ4n) is 4.01. The number of hydrogen-bond acceptors (Lipinski definition) is 5. The smallest absolute Gasteiger partial charge is 0.253 e. The van der Waals surface area contributed by atoms with Gasteiger partial charge in [0.25, 0.3) is 5.91 Å². The zero-order chi connectivity index (χ0) is 17.8. The Kier molecular flexibility index (Phi) is 4.95. The van der Waals surface area contributed by atoms with Gasteiger partial charge in [-0.1, -0.05) is 0 Å². The fraction of sp³-hybridized carbons (Fsp3) is 0.450. The van der Waals surface area contributed by atoms with Gasteiger partial charge in [0.1, 0.15) is 0 Å². The molecule has 2 aliphatic heterocycles. The van der Waals surface area contributed by atoms with Crippen molar-refractivity contribution >= 4 is 5.91 Å². The Labute approximate surface area is 153 Å². The van der Waals surface area contributed by atoms with Crippen LogP contribution in [0, 0.1) is 0 Å². The van der Waals surface area contributed by atoms with Crippen LogP contribution in [0.3, 0.4) is 0 Å². The van der Waals surface area contributed by atoms with E-state index in [0.29, 0.717) is 12.2 Å². The molecule has 6 nitrogen and oxygen atoms in total. The quantitative estimate of drug-likeness (QED) is 0.912. The van der Waals surface area contributed by atoms with Crippen molar-refractivity contribution in [3.63, 3.8) is 0 Å². The van der Waals surface area contributed by atoms with Crippen LogP contribution in [-0.2, 0) is 11.3 Å². The van der Waals surface area contributed by atoms with E-state index >= 15 is 0 Å². The number of carbonyl (C=O) groups excluding carboxylic acids is 1. The summed E-state index contributed by atoms with van der Waals surface area (Å²) >= 11 is 0. The van der Waals surface area contributed by atoms with E-state index in [1.165, 1.54) is 5.56 Å². The van der Waals surface area contributed by atoms with Crippen LogP contribution in [0.1, 0.15) is 35.2 Å². The number of nitrogens with zero attached hydrogens (tertiary/aromatic N) is 3. The van der Waals surface area contributed by atoms with Gasteiger partial charge in [-0.25, -0.2) is 0 Å². The average Bonchev–Trinajstić information content (AvgIpc) is 3.05. The Morgan fingerprint density at radius 2 is 2.15 bits per heavy atom. The second-order valence-electron chi connectivity index (χ2n) is 7.25. The number of pyridine rings is 2. The third kappa shape index (κ3) is 3.92. The van der Waals surface area contributed by atoms with Crippen LogP contribution in [0.5, 0.6) is 0 Å². The van der Waals surface area contributed by atoms with Crippen LogP contribution in [0.4, 0.5) is 0 Å². The minimum absolute atomic E-state index is 0.0493. The molecule has 2 atom stereocenters. The maximum atomic E-state index is 12.4. The van der Waals surface area contributed by atoms with Gasteiger partial charge in [0, 0.05) is 57.1 Å². The normalized spacial score (nSPS) is 26.1.